The second-order valence-electron chi connectivity index (χ2n) is 8.67. The topological polar surface area (TPSA) is 126 Å². The number of halogens is 1. The Bertz CT molecular complexity index is 1870. The van der Waals surface area contributed by atoms with Crippen molar-refractivity contribution in [2.45, 2.75) is 19.9 Å². The molecule has 1 aliphatic rings. The van der Waals surface area contributed by atoms with Crippen molar-refractivity contribution >= 4 is 40.7 Å². The zero-order valence-corrected chi connectivity index (χ0v) is 23.1. The van der Waals surface area contributed by atoms with E-state index in [1.54, 1.807) is 56.3 Å². The molecule has 0 spiro atoms. The number of carbonyl (C=O) groups is 1. The molecule has 12 heteroatoms. The van der Waals surface area contributed by atoms with E-state index in [4.69, 9.17) is 25.5 Å². The Morgan fingerprint density at radius 3 is 2.75 bits per heavy atom. The smallest absolute Gasteiger partial charge is 0.338 e. The second-order valence-corrected chi connectivity index (χ2v) is 10.1. The van der Waals surface area contributed by atoms with Crippen LogP contribution >= 0.6 is 22.9 Å². The highest BCUT2D eigenvalue weighted by Crippen LogP contribution is 2.36. The average molecular weight is 580 g/mol. The van der Waals surface area contributed by atoms with Gasteiger partial charge in [-0.3, -0.25) is 19.5 Å². The molecule has 2 aromatic carbocycles. The Morgan fingerprint density at radius 1 is 1.25 bits per heavy atom. The van der Waals surface area contributed by atoms with Crippen molar-refractivity contribution in [3.63, 3.8) is 0 Å². The summed E-state index contributed by atoms with van der Waals surface area (Å²) in [5.74, 6) is 0.569. The summed E-state index contributed by atoms with van der Waals surface area (Å²) in [5.41, 5.74) is 1.11. The number of nitrogens with zero attached hydrogens (tertiary/aromatic N) is 3. The number of aromatic nitrogens is 1. The number of nitro benzene ring substituents is 1. The highest BCUT2D eigenvalue weighted by atomic mass is 35.5. The summed E-state index contributed by atoms with van der Waals surface area (Å²) in [6, 6.07) is 13.6. The van der Waals surface area contributed by atoms with Crippen molar-refractivity contribution in [1.29, 1.82) is 0 Å². The molecule has 0 amide bonds. The number of allylic oxidation sites excluding steroid dienone is 1. The van der Waals surface area contributed by atoms with Crippen LogP contribution in [0.2, 0.25) is 5.02 Å². The first-order valence-corrected chi connectivity index (χ1v) is 13.3. The van der Waals surface area contributed by atoms with Crippen LogP contribution < -0.4 is 19.6 Å². The van der Waals surface area contributed by atoms with Crippen LogP contribution in [0.5, 0.6) is 5.75 Å². The minimum Gasteiger partial charge on any atom is -0.496 e. The van der Waals surface area contributed by atoms with Crippen molar-refractivity contribution in [1.82, 2.24) is 4.57 Å². The van der Waals surface area contributed by atoms with Crippen molar-refractivity contribution in [2.24, 2.45) is 4.99 Å². The van der Waals surface area contributed by atoms with Gasteiger partial charge in [0.2, 0.25) is 0 Å². The lowest BCUT2D eigenvalue weighted by molar-refractivity contribution is -0.384. The summed E-state index contributed by atoms with van der Waals surface area (Å²) in [6.45, 7) is 3.57. The number of ether oxygens (including phenoxy) is 2. The van der Waals surface area contributed by atoms with E-state index in [-0.39, 0.29) is 28.4 Å². The molecule has 2 aromatic heterocycles. The number of esters is 1. The molecule has 0 saturated carbocycles. The van der Waals surface area contributed by atoms with E-state index in [1.807, 2.05) is 0 Å². The first kappa shape index (κ1) is 27.1. The molecule has 204 valence electrons. The van der Waals surface area contributed by atoms with Gasteiger partial charge >= 0.3 is 5.97 Å². The highest BCUT2D eigenvalue weighted by molar-refractivity contribution is 7.07. The number of benzene rings is 2. The van der Waals surface area contributed by atoms with Gasteiger partial charge in [-0.25, -0.2) is 9.79 Å². The van der Waals surface area contributed by atoms with E-state index in [0.29, 0.717) is 43.4 Å². The Labute approximate surface area is 236 Å². The quantitative estimate of drug-likeness (QED) is 0.177. The largest absolute Gasteiger partial charge is 0.496 e. The zero-order chi connectivity index (χ0) is 28.6. The van der Waals surface area contributed by atoms with E-state index in [0.717, 1.165) is 11.3 Å². The first-order chi connectivity index (χ1) is 19.2. The third kappa shape index (κ3) is 4.85. The van der Waals surface area contributed by atoms with E-state index >= 15 is 0 Å². The number of furan rings is 1. The average Bonchev–Trinajstić information content (AvgIpc) is 3.52. The molecule has 0 saturated heterocycles. The molecular weight excluding hydrogens is 558 g/mol. The molecule has 40 heavy (non-hydrogen) atoms. The van der Waals surface area contributed by atoms with Gasteiger partial charge in [0, 0.05) is 29.3 Å². The van der Waals surface area contributed by atoms with E-state index in [1.165, 1.54) is 29.9 Å². The molecule has 4 aromatic rings. The van der Waals surface area contributed by atoms with Gasteiger partial charge in [-0.05, 0) is 38.1 Å². The summed E-state index contributed by atoms with van der Waals surface area (Å²) in [4.78, 5) is 42.5. The molecule has 3 heterocycles. The molecule has 10 nitrogen and oxygen atoms in total. The van der Waals surface area contributed by atoms with Crippen LogP contribution in [0, 0.1) is 10.1 Å². The van der Waals surface area contributed by atoms with Crippen LogP contribution in [0.25, 0.3) is 17.4 Å². The normalized spacial score (nSPS) is 15.0. The van der Waals surface area contributed by atoms with Crippen LogP contribution in [0.4, 0.5) is 5.69 Å². The third-order valence-corrected chi connectivity index (χ3v) is 7.59. The summed E-state index contributed by atoms with van der Waals surface area (Å²) in [6.07, 6.45) is 1.56. The number of nitro groups is 1. The van der Waals surface area contributed by atoms with Crippen LogP contribution in [-0.4, -0.2) is 29.2 Å². The number of para-hydroxylation sites is 1. The number of hydrogen-bond donors (Lipinski definition) is 0. The molecule has 0 N–H and O–H groups in total. The monoisotopic (exact) mass is 579 g/mol. The number of rotatable bonds is 7. The standard InChI is InChI=1S/C28H22ClN3O7S/c1-4-38-27(34)24-15(2)30-28-31(25(24)18-7-5-6-8-21(18)37-3)26(33)23(40-28)14-17-10-12-22(39-17)19-13-16(32(35)36)9-11-20(19)29/h5-14,25H,4H2,1-3H3/b23-14-/t25-/m1/s1. The predicted octanol–water partition coefficient (Wildman–Crippen LogP) is 4.63. The van der Waals surface area contributed by atoms with Gasteiger partial charge in [-0.15, -0.1) is 0 Å². The molecule has 1 atom stereocenters. The van der Waals surface area contributed by atoms with E-state index < -0.39 is 16.9 Å². The van der Waals surface area contributed by atoms with Gasteiger partial charge < -0.3 is 13.9 Å². The minimum absolute atomic E-state index is 0.130. The maximum atomic E-state index is 13.8. The minimum atomic E-state index is -0.829. The number of methoxy groups -OCH3 is 1. The molecular formula is C28H22ClN3O7S. The Balaban J connectivity index is 1.65. The van der Waals surface area contributed by atoms with Gasteiger partial charge in [0.05, 0.1) is 39.5 Å². The summed E-state index contributed by atoms with van der Waals surface area (Å²) in [5, 5.41) is 11.5. The summed E-state index contributed by atoms with van der Waals surface area (Å²) >= 11 is 7.40. The van der Waals surface area contributed by atoms with Crippen molar-refractivity contribution in [2.75, 3.05) is 13.7 Å². The lowest BCUT2D eigenvalue weighted by atomic mass is 9.95. The Morgan fingerprint density at radius 2 is 2.02 bits per heavy atom. The van der Waals surface area contributed by atoms with Crippen molar-refractivity contribution < 1.29 is 23.6 Å². The summed E-state index contributed by atoms with van der Waals surface area (Å²) < 4.78 is 18.5. The van der Waals surface area contributed by atoms with Crippen molar-refractivity contribution in [3.05, 3.63) is 112 Å². The van der Waals surface area contributed by atoms with Gasteiger partial charge in [-0.1, -0.05) is 41.1 Å². The highest BCUT2D eigenvalue weighted by Gasteiger charge is 2.35. The van der Waals surface area contributed by atoms with Crippen LogP contribution in [0.3, 0.4) is 0 Å². The van der Waals surface area contributed by atoms with Crippen molar-refractivity contribution in [3.8, 4) is 17.1 Å². The van der Waals surface area contributed by atoms with Crippen LogP contribution in [0.15, 0.2) is 80.1 Å². The van der Waals surface area contributed by atoms with Crippen LogP contribution in [0.1, 0.15) is 31.2 Å². The number of thiazole rings is 1. The number of hydrogen-bond acceptors (Lipinski definition) is 9. The molecule has 0 radical (unpaired) electrons. The van der Waals surface area contributed by atoms with E-state index in [2.05, 4.69) is 4.99 Å². The molecule has 1 aliphatic heterocycles. The van der Waals surface area contributed by atoms with E-state index in [9.17, 15) is 19.7 Å². The third-order valence-electron chi connectivity index (χ3n) is 6.28. The fourth-order valence-corrected chi connectivity index (χ4v) is 5.74. The Hall–Kier alpha value is -4.48. The lowest BCUT2D eigenvalue weighted by Crippen LogP contribution is -2.40. The van der Waals surface area contributed by atoms with Gasteiger partial charge in [0.1, 0.15) is 23.3 Å². The number of carbonyl (C=O) groups excluding carboxylic acids is 1. The van der Waals surface area contributed by atoms with Gasteiger partial charge in [0.25, 0.3) is 11.2 Å². The second kappa shape index (κ2) is 10.9. The fourth-order valence-electron chi connectivity index (χ4n) is 4.50. The number of non-ortho nitro benzene ring substituents is 1. The maximum Gasteiger partial charge on any atom is 0.338 e. The number of fused-ring (bicyclic) bond motifs is 1. The summed E-state index contributed by atoms with van der Waals surface area (Å²) in [7, 11) is 1.52. The molecule has 0 fully saturated rings. The lowest BCUT2D eigenvalue weighted by Gasteiger charge is -2.25. The first-order valence-electron chi connectivity index (χ1n) is 12.1. The fraction of sp³-hybridized carbons (Fsp3) is 0.179. The van der Waals surface area contributed by atoms with Gasteiger partial charge in [0.15, 0.2) is 4.80 Å². The molecule has 0 unspecified atom stereocenters. The van der Waals surface area contributed by atoms with Gasteiger partial charge in [-0.2, -0.15) is 0 Å². The van der Waals surface area contributed by atoms with Crippen LogP contribution in [-0.2, 0) is 9.53 Å². The predicted molar refractivity (Wildman–Crippen MR) is 149 cm³/mol. The maximum absolute atomic E-state index is 13.8. The zero-order valence-electron chi connectivity index (χ0n) is 21.5. The Kier molecular flexibility index (Phi) is 7.42. The molecule has 5 rings (SSSR count). The molecule has 0 aliphatic carbocycles. The molecule has 0 bridgehead atoms. The SMILES string of the molecule is CCOC(=O)C1=C(C)N=c2s/c(=C\c3ccc(-c4cc([N+](=O)[O-])ccc4Cl)o3)c(=O)n2[C@@H]1c1ccccc1OC.